The molecule has 148 valence electrons. The second-order valence-corrected chi connectivity index (χ2v) is 7.19. The number of aryl methyl sites for hydroxylation is 1. The van der Waals surface area contributed by atoms with E-state index in [4.69, 9.17) is 0 Å². The highest BCUT2D eigenvalue weighted by Gasteiger charge is 2.19. The molecule has 0 spiro atoms. The van der Waals surface area contributed by atoms with Crippen LogP contribution in [0.2, 0.25) is 0 Å². The van der Waals surface area contributed by atoms with Gasteiger partial charge in [-0.25, -0.2) is 4.39 Å². The van der Waals surface area contributed by atoms with Crippen molar-refractivity contribution in [2.45, 2.75) is 19.9 Å². The van der Waals surface area contributed by atoms with E-state index in [1.807, 2.05) is 0 Å². The molecule has 6 heteroatoms. The Labute approximate surface area is 165 Å². The van der Waals surface area contributed by atoms with Gasteiger partial charge in [0.2, 0.25) is 5.91 Å². The van der Waals surface area contributed by atoms with Crippen molar-refractivity contribution in [2.24, 2.45) is 0 Å². The minimum atomic E-state index is -0.396. The molecule has 0 aromatic heterocycles. The minimum Gasteiger partial charge on any atom is -0.343 e. The molecule has 1 aliphatic heterocycles. The van der Waals surface area contributed by atoms with E-state index in [-0.39, 0.29) is 18.4 Å². The van der Waals surface area contributed by atoms with E-state index in [0.29, 0.717) is 18.7 Å². The van der Waals surface area contributed by atoms with Crippen molar-refractivity contribution in [3.05, 3.63) is 71.0 Å². The van der Waals surface area contributed by atoms with E-state index >= 15 is 0 Å². The molecule has 0 bridgehead atoms. The highest BCUT2D eigenvalue weighted by atomic mass is 19.1. The Hall–Kier alpha value is -2.73. The predicted octanol–water partition coefficient (Wildman–Crippen LogP) is 2.60. The fraction of sp³-hybridized carbons (Fsp3) is 0.364. The van der Waals surface area contributed by atoms with Gasteiger partial charge in [0.1, 0.15) is 5.82 Å². The quantitative estimate of drug-likeness (QED) is 0.864. The molecule has 5 nitrogen and oxygen atoms in total. The molecule has 2 amide bonds. The van der Waals surface area contributed by atoms with Crippen molar-refractivity contribution in [1.29, 1.82) is 0 Å². The summed E-state index contributed by atoms with van der Waals surface area (Å²) < 4.78 is 12.9. The van der Waals surface area contributed by atoms with Gasteiger partial charge in [0, 0.05) is 38.3 Å². The molecule has 1 fully saturated rings. The lowest BCUT2D eigenvalue weighted by atomic mass is 10.1. The molecule has 0 radical (unpaired) electrons. The SMILES string of the molecule is Cc1ccc(CN2CCCN(C(=O)CNC(=O)c3ccc(F)cc3)CC2)cc1. The highest BCUT2D eigenvalue weighted by Crippen LogP contribution is 2.10. The molecule has 3 rings (SSSR count). The van der Waals surface area contributed by atoms with E-state index < -0.39 is 5.82 Å². The summed E-state index contributed by atoms with van der Waals surface area (Å²) in [6.07, 6.45) is 0.906. The van der Waals surface area contributed by atoms with Crippen LogP contribution < -0.4 is 5.32 Å². The summed E-state index contributed by atoms with van der Waals surface area (Å²) in [5.41, 5.74) is 2.87. The summed E-state index contributed by atoms with van der Waals surface area (Å²) in [6.45, 7) is 6.00. The van der Waals surface area contributed by atoms with Crippen LogP contribution in [0.3, 0.4) is 0 Å². The van der Waals surface area contributed by atoms with Gasteiger partial charge in [-0.2, -0.15) is 0 Å². The number of amides is 2. The Kier molecular flexibility index (Phi) is 6.76. The Morgan fingerprint density at radius 2 is 1.68 bits per heavy atom. The summed E-state index contributed by atoms with van der Waals surface area (Å²) in [4.78, 5) is 28.7. The van der Waals surface area contributed by atoms with Gasteiger partial charge in [0.25, 0.3) is 5.91 Å². The molecule has 28 heavy (non-hydrogen) atoms. The van der Waals surface area contributed by atoms with Crippen molar-refractivity contribution < 1.29 is 14.0 Å². The molecule has 1 heterocycles. The Morgan fingerprint density at radius 1 is 0.964 bits per heavy atom. The molecule has 0 saturated carbocycles. The average molecular weight is 383 g/mol. The average Bonchev–Trinajstić information content (AvgIpc) is 2.94. The number of hydrogen-bond acceptors (Lipinski definition) is 3. The van der Waals surface area contributed by atoms with Crippen LogP contribution in [0.25, 0.3) is 0 Å². The molecular formula is C22H26FN3O2. The van der Waals surface area contributed by atoms with Gasteiger partial charge >= 0.3 is 0 Å². The van der Waals surface area contributed by atoms with Crippen molar-refractivity contribution >= 4 is 11.8 Å². The number of benzene rings is 2. The predicted molar refractivity (Wildman–Crippen MR) is 106 cm³/mol. The molecular weight excluding hydrogens is 357 g/mol. The first kappa shape index (κ1) is 20.0. The summed E-state index contributed by atoms with van der Waals surface area (Å²) in [7, 11) is 0. The van der Waals surface area contributed by atoms with Crippen molar-refractivity contribution in [1.82, 2.24) is 15.1 Å². The smallest absolute Gasteiger partial charge is 0.251 e. The minimum absolute atomic E-state index is 0.0474. The van der Waals surface area contributed by atoms with E-state index in [2.05, 4.69) is 41.4 Å². The maximum atomic E-state index is 12.9. The molecule has 2 aromatic carbocycles. The van der Waals surface area contributed by atoms with Crippen LogP contribution in [0.5, 0.6) is 0 Å². The first-order valence-corrected chi connectivity index (χ1v) is 9.61. The van der Waals surface area contributed by atoms with Crippen LogP contribution in [0, 0.1) is 12.7 Å². The molecule has 0 aliphatic carbocycles. The van der Waals surface area contributed by atoms with Gasteiger partial charge < -0.3 is 10.2 Å². The summed E-state index contributed by atoms with van der Waals surface area (Å²) in [6, 6.07) is 13.8. The van der Waals surface area contributed by atoms with Crippen LogP contribution in [0.4, 0.5) is 4.39 Å². The first-order valence-electron chi connectivity index (χ1n) is 9.61. The molecule has 1 aliphatic rings. The zero-order valence-electron chi connectivity index (χ0n) is 16.2. The molecule has 1 N–H and O–H groups in total. The number of hydrogen-bond donors (Lipinski definition) is 1. The van der Waals surface area contributed by atoms with Crippen LogP contribution in [-0.2, 0) is 11.3 Å². The molecule has 0 unspecified atom stereocenters. The Morgan fingerprint density at radius 3 is 2.39 bits per heavy atom. The first-order chi connectivity index (χ1) is 13.5. The third-order valence-corrected chi connectivity index (χ3v) is 4.97. The van der Waals surface area contributed by atoms with Gasteiger partial charge in [-0.05, 0) is 43.2 Å². The normalized spacial score (nSPS) is 15.1. The zero-order valence-corrected chi connectivity index (χ0v) is 16.2. The molecule has 0 atom stereocenters. The number of rotatable bonds is 5. The fourth-order valence-electron chi connectivity index (χ4n) is 3.30. The van der Waals surface area contributed by atoms with Crippen LogP contribution in [0.1, 0.15) is 27.9 Å². The van der Waals surface area contributed by atoms with E-state index in [0.717, 1.165) is 26.1 Å². The second kappa shape index (κ2) is 9.46. The lowest BCUT2D eigenvalue weighted by molar-refractivity contribution is -0.130. The second-order valence-electron chi connectivity index (χ2n) is 7.19. The van der Waals surface area contributed by atoms with Crippen molar-refractivity contribution in [2.75, 3.05) is 32.7 Å². The number of carbonyl (C=O) groups excluding carboxylic acids is 2. The lowest BCUT2D eigenvalue weighted by Gasteiger charge is -2.22. The van der Waals surface area contributed by atoms with Crippen LogP contribution in [-0.4, -0.2) is 54.3 Å². The zero-order chi connectivity index (χ0) is 19.9. The summed E-state index contributed by atoms with van der Waals surface area (Å²) in [5.74, 6) is -0.857. The summed E-state index contributed by atoms with van der Waals surface area (Å²) in [5, 5.41) is 2.63. The fourth-order valence-corrected chi connectivity index (χ4v) is 3.30. The molecule has 1 saturated heterocycles. The standard InChI is InChI=1S/C22H26FN3O2/c1-17-3-5-18(6-4-17)16-25-11-2-12-26(14-13-25)21(27)15-24-22(28)19-7-9-20(23)10-8-19/h3-10H,2,11-16H2,1H3,(H,24,28). The largest absolute Gasteiger partial charge is 0.343 e. The third kappa shape index (κ3) is 5.63. The van der Waals surface area contributed by atoms with Gasteiger partial charge in [-0.15, -0.1) is 0 Å². The van der Waals surface area contributed by atoms with E-state index in [1.165, 1.54) is 35.4 Å². The Balaban J connectivity index is 1.46. The van der Waals surface area contributed by atoms with Gasteiger partial charge in [-0.1, -0.05) is 29.8 Å². The highest BCUT2D eigenvalue weighted by molar-refractivity contribution is 5.96. The monoisotopic (exact) mass is 383 g/mol. The van der Waals surface area contributed by atoms with Gasteiger partial charge in [0.05, 0.1) is 6.54 Å². The third-order valence-electron chi connectivity index (χ3n) is 4.97. The number of carbonyl (C=O) groups is 2. The Bertz CT molecular complexity index is 806. The lowest BCUT2D eigenvalue weighted by Crippen LogP contribution is -2.42. The number of halogens is 1. The van der Waals surface area contributed by atoms with E-state index in [1.54, 1.807) is 4.90 Å². The van der Waals surface area contributed by atoms with Crippen molar-refractivity contribution in [3.63, 3.8) is 0 Å². The number of nitrogens with one attached hydrogen (secondary N) is 1. The van der Waals surface area contributed by atoms with Gasteiger partial charge in [0.15, 0.2) is 0 Å². The summed E-state index contributed by atoms with van der Waals surface area (Å²) >= 11 is 0. The maximum absolute atomic E-state index is 12.9. The maximum Gasteiger partial charge on any atom is 0.251 e. The van der Waals surface area contributed by atoms with Crippen LogP contribution >= 0.6 is 0 Å². The van der Waals surface area contributed by atoms with Crippen LogP contribution in [0.15, 0.2) is 48.5 Å². The van der Waals surface area contributed by atoms with Crippen molar-refractivity contribution in [3.8, 4) is 0 Å². The van der Waals surface area contributed by atoms with E-state index in [9.17, 15) is 14.0 Å². The topological polar surface area (TPSA) is 52.6 Å². The molecule has 2 aromatic rings. The van der Waals surface area contributed by atoms with Gasteiger partial charge in [-0.3, -0.25) is 14.5 Å². The number of nitrogens with zero attached hydrogens (tertiary/aromatic N) is 2.